The minimum atomic E-state index is 0.0502. The normalized spacial score (nSPS) is 17.7. The number of amides is 1. The van der Waals surface area contributed by atoms with Gasteiger partial charge in [0.25, 0.3) is 0 Å². The molecule has 1 N–H and O–H groups in total. The van der Waals surface area contributed by atoms with Crippen molar-refractivity contribution in [3.8, 4) is 0 Å². The quantitative estimate of drug-likeness (QED) is 0.791. The summed E-state index contributed by atoms with van der Waals surface area (Å²) in [4.78, 5) is 27.3. The zero-order chi connectivity index (χ0) is 16.5. The average molecular weight is 340 g/mol. The van der Waals surface area contributed by atoms with Crippen molar-refractivity contribution in [3.63, 3.8) is 0 Å². The molecule has 3 aromatic rings. The SMILES string of the molecule is CCc1nc(CC(=O)N2CCCC2c2nc3ccccc3[nH]2)cs1. The fourth-order valence-electron chi connectivity index (χ4n) is 3.33. The van der Waals surface area contributed by atoms with Crippen LogP contribution in [0, 0.1) is 0 Å². The van der Waals surface area contributed by atoms with Crippen molar-refractivity contribution in [3.05, 3.63) is 46.2 Å². The molecular weight excluding hydrogens is 320 g/mol. The minimum absolute atomic E-state index is 0.0502. The average Bonchev–Trinajstić information content (AvgIpc) is 3.32. The molecule has 0 bridgehead atoms. The lowest BCUT2D eigenvalue weighted by Crippen LogP contribution is -2.32. The molecule has 5 nitrogen and oxygen atoms in total. The van der Waals surface area contributed by atoms with E-state index in [4.69, 9.17) is 0 Å². The monoisotopic (exact) mass is 340 g/mol. The van der Waals surface area contributed by atoms with E-state index < -0.39 is 0 Å². The number of aryl methyl sites for hydroxylation is 1. The van der Waals surface area contributed by atoms with E-state index in [2.05, 4.69) is 21.9 Å². The molecule has 4 rings (SSSR count). The highest BCUT2D eigenvalue weighted by atomic mass is 32.1. The van der Waals surface area contributed by atoms with Gasteiger partial charge in [-0.25, -0.2) is 9.97 Å². The number of carbonyl (C=O) groups excluding carboxylic acids is 1. The number of rotatable bonds is 4. The van der Waals surface area contributed by atoms with E-state index in [9.17, 15) is 4.79 Å². The molecule has 6 heteroatoms. The van der Waals surface area contributed by atoms with Gasteiger partial charge >= 0.3 is 0 Å². The van der Waals surface area contributed by atoms with Crippen LogP contribution in [0.4, 0.5) is 0 Å². The highest BCUT2D eigenvalue weighted by Gasteiger charge is 2.32. The van der Waals surface area contributed by atoms with Crippen LogP contribution in [0.25, 0.3) is 11.0 Å². The van der Waals surface area contributed by atoms with Crippen LogP contribution in [0.5, 0.6) is 0 Å². The second-order valence-electron chi connectivity index (χ2n) is 6.15. The summed E-state index contributed by atoms with van der Waals surface area (Å²) in [5.41, 5.74) is 2.87. The number of hydrogen-bond acceptors (Lipinski definition) is 4. The van der Waals surface area contributed by atoms with Gasteiger partial charge in [0.1, 0.15) is 5.82 Å². The van der Waals surface area contributed by atoms with E-state index in [1.807, 2.05) is 34.5 Å². The van der Waals surface area contributed by atoms with Gasteiger partial charge in [-0.3, -0.25) is 4.79 Å². The Morgan fingerprint density at radius 2 is 2.25 bits per heavy atom. The van der Waals surface area contributed by atoms with E-state index in [0.717, 1.165) is 53.4 Å². The number of thiazole rings is 1. The van der Waals surface area contributed by atoms with Gasteiger partial charge in [-0.05, 0) is 31.4 Å². The van der Waals surface area contributed by atoms with Gasteiger partial charge in [0, 0.05) is 11.9 Å². The molecule has 1 unspecified atom stereocenters. The number of H-pyrrole nitrogens is 1. The Hall–Kier alpha value is -2.21. The van der Waals surface area contributed by atoms with E-state index in [0.29, 0.717) is 6.42 Å². The molecule has 1 atom stereocenters. The number of nitrogens with zero attached hydrogens (tertiary/aromatic N) is 3. The molecule has 1 saturated heterocycles. The lowest BCUT2D eigenvalue weighted by atomic mass is 10.2. The molecule has 1 aliphatic rings. The van der Waals surface area contributed by atoms with Crippen LogP contribution in [0.3, 0.4) is 0 Å². The summed E-state index contributed by atoms with van der Waals surface area (Å²) in [5, 5.41) is 3.09. The maximum absolute atomic E-state index is 12.8. The number of aromatic nitrogens is 3. The number of imidazole rings is 1. The van der Waals surface area contributed by atoms with Crippen LogP contribution in [-0.2, 0) is 17.6 Å². The standard InChI is InChI=1S/C18H20N4OS/c1-2-16-19-12(11-24-16)10-17(23)22-9-5-8-15(22)18-20-13-6-3-4-7-14(13)21-18/h3-4,6-7,11,15H,2,5,8-10H2,1H3,(H,20,21). The van der Waals surface area contributed by atoms with Crippen molar-refractivity contribution < 1.29 is 4.79 Å². The van der Waals surface area contributed by atoms with Crippen molar-refractivity contribution in [1.82, 2.24) is 19.9 Å². The Morgan fingerprint density at radius 3 is 3.04 bits per heavy atom. The van der Waals surface area contributed by atoms with Crippen LogP contribution < -0.4 is 0 Å². The Morgan fingerprint density at radius 1 is 1.38 bits per heavy atom. The number of hydrogen-bond donors (Lipinski definition) is 1. The highest BCUT2D eigenvalue weighted by Crippen LogP contribution is 2.32. The fraction of sp³-hybridized carbons (Fsp3) is 0.389. The summed E-state index contributed by atoms with van der Waals surface area (Å²) >= 11 is 1.63. The number of benzene rings is 1. The minimum Gasteiger partial charge on any atom is -0.340 e. The largest absolute Gasteiger partial charge is 0.340 e. The molecule has 3 heterocycles. The number of likely N-dealkylation sites (tertiary alicyclic amines) is 1. The summed E-state index contributed by atoms with van der Waals surface area (Å²) in [6.07, 6.45) is 3.28. The third-order valence-electron chi connectivity index (χ3n) is 4.53. The number of fused-ring (bicyclic) bond motifs is 1. The lowest BCUT2D eigenvalue weighted by molar-refractivity contribution is -0.131. The molecule has 124 valence electrons. The molecular formula is C18H20N4OS. The third kappa shape index (κ3) is 2.82. The molecule has 1 aliphatic heterocycles. The Balaban J connectivity index is 1.54. The van der Waals surface area contributed by atoms with E-state index in [1.54, 1.807) is 11.3 Å². The molecule has 0 radical (unpaired) electrons. The Kier molecular flexibility index (Phi) is 4.06. The Labute approximate surface area is 144 Å². The van der Waals surface area contributed by atoms with E-state index >= 15 is 0 Å². The first kappa shape index (κ1) is 15.3. The van der Waals surface area contributed by atoms with Crippen molar-refractivity contribution in [2.45, 2.75) is 38.6 Å². The first-order valence-electron chi connectivity index (χ1n) is 8.42. The van der Waals surface area contributed by atoms with Gasteiger partial charge in [0.05, 0.1) is 34.2 Å². The molecule has 2 aromatic heterocycles. The third-order valence-corrected chi connectivity index (χ3v) is 5.57. The second kappa shape index (κ2) is 6.36. The van der Waals surface area contributed by atoms with Crippen molar-refractivity contribution in [2.24, 2.45) is 0 Å². The summed E-state index contributed by atoms with van der Waals surface area (Å²) < 4.78 is 0. The van der Waals surface area contributed by atoms with E-state index in [1.165, 1.54) is 0 Å². The lowest BCUT2D eigenvalue weighted by Gasteiger charge is -2.22. The second-order valence-corrected chi connectivity index (χ2v) is 7.09. The Bertz CT molecular complexity index is 836. The maximum atomic E-state index is 12.8. The molecule has 0 saturated carbocycles. The fourth-order valence-corrected chi connectivity index (χ4v) is 4.07. The van der Waals surface area contributed by atoms with Gasteiger partial charge < -0.3 is 9.88 Å². The van der Waals surface area contributed by atoms with Crippen molar-refractivity contribution in [2.75, 3.05) is 6.54 Å². The number of nitrogens with one attached hydrogen (secondary N) is 1. The molecule has 1 amide bonds. The number of carbonyl (C=O) groups is 1. The predicted octanol–water partition coefficient (Wildman–Crippen LogP) is 3.49. The predicted molar refractivity (Wildman–Crippen MR) is 95.0 cm³/mol. The maximum Gasteiger partial charge on any atom is 0.229 e. The molecule has 0 aliphatic carbocycles. The highest BCUT2D eigenvalue weighted by molar-refractivity contribution is 7.09. The van der Waals surface area contributed by atoms with Crippen LogP contribution in [0.2, 0.25) is 0 Å². The number of aromatic amines is 1. The van der Waals surface area contributed by atoms with Crippen LogP contribution in [-0.4, -0.2) is 32.3 Å². The summed E-state index contributed by atoms with van der Waals surface area (Å²) in [5.74, 6) is 1.04. The van der Waals surface area contributed by atoms with Crippen molar-refractivity contribution in [1.29, 1.82) is 0 Å². The topological polar surface area (TPSA) is 61.9 Å². The smallest absolute Gasteiger partial charge is 0.229 e. The molecule has 1 aromatic carbocycles. The zero-order valence-electron chi connectivity index (χ0n) is 13.7. The van der Waals surface area contributed by atoms with Gasteiger partial charge in [-0.1, -0.05) is 19.1 Å². The number of para-hydroxylation sites is 2. The van der Waals surface area contributed by atoms with Crippen molar-refractivity contribution >= 4 is 28.3 Å². The van der Waals surface area contributed by atoms with Gasteiger partial charge in [-0.15, -0.1) is 11.3 Å². The molecule has 0 spiro atoms. The van der Waals surface area contributed by atoms with Gasteiger partial charge in [0.15, 0.2) is 0 Å². The molecule has 1 fully saturated rings. The zero-order valence-corrected chi connectivity index (χ0v) is 14.5. The summed E-state index contributed by atoms with van der Waals surface area (Å²) in [6, 6.07) is 8.05. The van der Waals surface area contributed by atoms with Gasteiger partial charge in [-0.2, -0.15) is 0 Å². The van der Waals surface area contributed by atoms with E-state index in [-0.39, 0.29) is 11.9 Å². The molecule has 24 heavy (non-hydrogen) atoms. The summed E-state index contributed by atoms with van der Waals surface area (Å²) in [6.45, 7) is 2.88. The van der Waals surface area contributed by atoms with Crippen LogP contribution in [0.1, 0.15) is 42.3 Å². The first-order chi connectivity index (χ1) is 11.7. The van der Waals surface area contributed by atoms with Gasteiger partial charge in [0.2, 0.25) is 5.91 Å². The van der Waals surface area contributed by atoms with Crippen LogP contribution in [0.15, 0.2) is 29.6 Å². The first-order valence-corrected chi connectivity index (χ1v) is 9.30. The van der Waals surface area contributed by atoms with Crippen LogP contribution >= 0.6 is 11.3 Å². The summed E-state index contributed by atoms with van der Waals surface area (Å²) in [7, 11) is 0.